The fourth-order valence-corrected chi connectivity index (χ4v) is 4.04. The smallest absolute Gasteiger partial charge is 0.227 e. The number of hydrogen-bond donors (Lipinski definition) is 1. The fraction of sp³-hybridized carbons (Fsp3) is 0.476. The predicted molar refractivity (Wildman–Crippen MR) is 104 cm³/mol. The first-order chi connectivity index (χ1) is 13.1. The molecule has 6 heteroatoms. The van der Waals surface area contributed by atoms with Crippen molar-refractivity contribution in [3.8, 4) is 0 Å². The Morgan fingerprint density at radius 1 is 1.22 bits per heavy atom. The third-order valence-electron chi connectivity index (χ3n) is 5.61. The van der Waals surface area contributed by atoms with Crippen LogP contribution in [-0.4, -0.2) is 34.7 Å². The van der Waals surface area contributed by atoms with Gasteiger partial charge < -0.3 is 10.2 Å². The lowest BCUT2D eigenvalue weighted by Gasteiger charge is -2.17. The van der Waals surface area contributed by atoms with E-state index in [1.807, 2.05) is 42.1 Å². The highest BCUT2D eigenvalue weighted by molar-refractivity contribution is 6.00. The second-order valence-electron chi connectivity index (χ2n) is 7.58. The summed E-state index contributed by atoms with van der Waals surface area (Å²) < 4.78 is 2.02. The van der Waals surface area contributed by atoms with E-state index in [1.54, 1.807) is 4.90 Å². The van der Waals surface area contributed by atoms with Gasteiger partial charge in [0.15, 0.2) is 0 Å². The van der Waals surface area contributed by atoms with E-state index in [1.165, 1.54) is 24.1 Å². The van der Waals surface area contributed by atoms with E-state index in [0.717, 1.165) is 24.1 Å². The number of amides is 2. The fourth-order valence-electron chi connectivity index (χ4n) is 4.04. The van der Waals surface area contributed by atoms with Gasteiger partial charge in [0.05, 0.1) is 18.7 Å². The van der Waals surface area contributed by atoms with E-state index in [9.17, 15) is 9.59 Å². The van der Waals surface area contributed by atoms with Crippen LogP contribution in [0.2, 0.25) is 0 Å². The number of nitrogens with one attached hydrogen (secondary N) is 1. The number of aryl methyl sites for hydroxylation is 2. The summed E-state index contributed by atoms with van der Waals surface area (Å²) in [5, 5.41) is 7.46. The molecular formula is C21H26N4O2. The van der Waals surface area contributed by atoms with Crippen molar-refractivity contribution in [2.24, 2.45) is 5.92 Å². The zero-order valence-corrected chi connectivity index (χ0v) is 15.8. The Hall–Kier alpha value is -2.63. The van der Waals surface area contributed by atoms with E-state index in [4.69, 9.17) is 0 Å². The topological polar surface area (TPSA) is 67.2 Å². The van der Waals surface area contributed by atoms with Crippen molar-refractivity contribution in [2.75, 3.05) is 18.0 Å². The summed E-state index contributed by atoms with van der Waals surface area (Å²) in [6.45, 7) is 3.69. The van der Waals surface area contributed by atoms with Gasteiger partial charge in [-0.2, -0.15) is 5.10 Å². The zero-order chi connectivity index (χ0) is 18.8. The van der Waals surface area contributed by atoms with Crippen LogP contribution in [0.1, 0.15) is 36.1 Å². The van der Waals surface area contributed by atoms with Gasteiger partial charge in [0.1, 0.15) is 0 Å². The zero-order valence-electron chi connectivity index (χ0n) is 15.8. The van der Waals surface area contributed by atoms with Crippen molar-refractivity contribution >= 4 is 17.5 Å². The van der Waals surface area contributed by atoms with E-state index < -0.39 is 0 Å². The summed E-state index contributed by atoms with van der Waals surface area (Å²) in [5.41, 5.74) is 4.68. The number of carbonyl (C=O) groups excluding carboxylic acids is 2. The highest BCUT2D eigenvalue weighted by Gasteiger charge is 2.34. The molecule has 4 rings (SSSR count). The van der Waals surface area contributed by atoms with Crippen LogP contribution in [0.5, 0.6) is 0 Å². The van der Waals surface area contributed by atoms with Crippen LogP contribution in [-0.2, 0) is 29.0 Å². The van der Waals surface area contributed by atoms with Crippen molar-refractivity contribution in [3.05, 3.63) is 47.3 Å². The summed E-state index contributed by atoms with van der Waals surface area (Å²) in [7, 11) is 0. The monoisotopic (exact) mass is 366 g/mol. The van der Waals surface area contributed by atoms with Gasteiger partial charge in [-0.05, 0) is 50.3 Å². The Kier molecular flexibility index (Phi) is 4.97. The second kappa shape index (κ2) is 7.55. The molecule has 0 spiro atoms. The summed E-state index contributed by atoms with van der Waals surface area (Å²) >= 11 is 0. The third-order valence-corrected chi connectivity index (χ3v) is 5.61. The van der Waals surface area contributed by atoms with Gasteiger partial charge in [0, 0.05) is 30.9 Å². The Morgan fingerprint density at radius 3 is 2.81 bits per heavy atom. The van der Waals surface area contributed by atoms with Crippen molar-refractivity contribution in [3.63, 3.8) is 0 Å². The molecule has 2 heterocycles. The number of carbonyl (C=O) groups is 2. The molecule has 1 aromatic carbocycles. The van der Waals surface area contributed by atoms with Crippen LogP contribution in [0.3, 0.4) is 0 Å². The first-order valence-corrected chi connectivity index (χ1v) is 9.80. The van der Waals surface area contributed by atoms with E-state index >= 15 is 0 Å². The van der Waals surface area contributed by atoms with E-state index in [2.05, 4.69) is 10.4 Å². The molecule has 1 unspecified atom stereocenters. The summed E-state index contributed by atoms with van der Waals surface area (Å²) in [6, 6.07) is 7.85. The SMILES string of the molecule is Cc1ccc(N2CC(C(=O)NCCn3ncc4c3CCCC4)CC2=O)cc1. The number of fused-ring (bicyclic) bond motifs is 1. The van der Waals surface area contributed by atoms with Crippen molar-refractivity contribution in [1.29, 1.82) is 0 Å². The molecular weight excluding hydrogens is 340 g/mol. The van der Waals surface area contributed by atoms with Crippen LogP contribution in [0.4, 0.5) is 5.69 Å². The van der Waals surface area contributed by atoms with Crippen LogP contribution < -0.4 is 10.2 Å². The maximum Gasteiger partial charge on any atom is 0.227 e. The minimum atomic E-state index is -0.287. The Morgan fingerprint density at radius 2 is 2.00 bits per heavy atom. The summed E-state index contributed by atoms with van der Waals surface area (Å²) in [4.78, 5) is 26.6. The number of benzene rings is 1. The molecule has 1 aliphatic heterocycles. The van der Waals surface area contributed by atoms with Crippen molar-refractivity contribution in [1.82, 2.24) is 15.1 Å². The molecule has 142 valence electrons. The Balaban J connectivity index is 1.31. The summed E-state index contributed by atoms with van der Waals surface area (Å²) in [6.07, 6.45) is 6.88. The molecule has 0 radical (unpaired) electrons. The molecule has 1 aromatic heterocycles. The van der Waals surface area contributed by atoms with Gasteiger partial charge in [0.25, 0.3) is 0 Å². The molecule has 2 aromatic rings. The molecule has 1 fully saturated rings. The molecule has 6 nitrogen and oxygen atoms in total. The molecule has 1 atom stereocenters. The summed E-state index contributed by atoms with van der Waals surface area (Å²) in [5.74, 6) is -0.315. The van der Waals surface area contributed by atoms with E-state index in [-0.39, 0.29) is 24.2 Å². The quantitative estimate of drug-likeness (QED) is 0.882. The van der Waals surface area contributed by atoms with Gasteiger partial charge >= 0.3 is 0 Å². The lowest BCUT2D eigenvalue weighted by Crippen LogP contribution is -2.35. The normalized spacial score (nSPS) is 19.2. The number of rotatable bonds is 5. The predicted octanol–water partition coefficient (Wildman–Crippen LogP) is 2.24. The maximum atomic E-state index is 12.5. The van der Waals surface area contributed by atoms with Gasteiger partial charge in [-0.3, -0.25) is 14.3 Å². The van der Waals surface area contributed by atoms with Gasteiger partial charge in [-0.25, -0.2) is 0 Å². The van der Waals surface area contributed by atoms with Crippen LogP contribution in [0.15, 0.2) is 30.5 Å². The van der Waals surface area contributed by atoms with Crippen LogP contribution in [0.25, 0.3) is 0 Å². The van der Waals surface area contributed by atoms with Crippen molar-refractivity contribution in [2.45, 2.75) is 45.6 Å². The second-order valence-corrected chi connectivity index (χ2v) is 7.58. The molecule has 27 heavy (non-hydrogen) atoms. The average Bonchev–Trinajstić information content (AvgIpc) is 3.26. The number of aromatic nitrogens is 2. The first kappa shape index (κ1) is 17.8. The van der Waals surface area contributed by atoms with Gasteiger partial charge in [-0.1, -0.05) is 17.7 Å². The van der Waals surface area contributed by atoms with Crippen LogP contribution in [0, 0.1) is 12.8 Å². The molecule has 1 saturated heterocycles. The number of anilines is 1. The Bertz CT molecular complexity index is 840. The first-order valence-electron chi connectivity index (χ1n) is 9.80. The average molecular weight is 366 g/mol. The minimum Gasteiger partial charge on any atom is -0.354 e. The van der Waals surface area contributed by atoms with Crippen LogP contribution >= 0.6 is 0 Å². The third kappa shape index (κ3) is 3.75. The standard InChI is InChI=1S/C21H26N4O2/c1-15-6-8-18(9-7-15)24-14-17(12-20(24)26)21(27)22-10-11-25-19-5-3-2-4-16(19)13-23-25/h6-9,13,17H,2-5,10-12,14H2,1H3,(H,22,27). The van der Waals surface area contributed by atoms with Gasteiger partial charge in [-0.15, -0.1) is 0 Å². The molecule has 1 N–H and O–H groups in total. The molecule has 1 aliphatic carbocycles. The highest BCUT2D eigenvalue weighted by Crippen LogP contribution is 2.25. The molecule has 2 aliphatic rings. The maximum absolute atomic E-state index is 12.5. The number of hydrogen-bond acceptors (Lipinski definition) is 3. The van der Waals surface area contributed by atoms with E-state index in [0.29, 0.717) is 19.6 Å². The largest absolute Gasteiger partial charge is 0.354 e. The Labute approximate surface area is 159 Å². The lowest BCUT2D eigenvalue weighted by molar-refractivity contribution is -0.126. The highest BCUT2D eigenvalue weighted by atomic mass is 16.2. The molecule has 0 bridgehead atoms. The van der Waals surface area contributed by atoms with Gasteiger partial charge in [0.2, 0.25) is 11.8 Å². The molecule has 0 saturated carbocycles. The number of nitrogens with zero attached hydrogens (tertiary/aromatic N) is 3. The lowest BCUT2D eigenvalue weighted by atomic mass is 9.98. The molecule has 2 amide bonds. The minimum absolute atomic E-state index is 0.0140. The van der Waals surface area contributed by atoms with Crippen molar-refractivity contribution < 1.29 is 9.59 Å².